The van der Waals surface area contributed by atoms with E-state index in [1.54, 1.807) is 26.2 Å². The highest BCUT2D eigenvalue weighted by molar-refractivity contribution is 6.07. The van der Waals surface area contributed by atoms with Crippen LogP contribution in [0.15, 0.2) is 40.2 Å². The van der Waals surface area contributed by atoms with Gasteiger partial charge in [0.1, 0.15) is 5.70 Å². The largest absolute Gasteiger partial charge is 0.505 e. The van der Waals surface area contributed by atoms with Crippen molar-refractivity contribution in [3.05, 3.63) is 52.7 Å². The number of benzene rings is 1. The molecule has 0 atom stereocenters. The number of rotatable bonds is 6. The van der Waals surface area contributed by atoms with Gasteiger partial charge < -0.3 is 25.2 Å². The smallest absolute Gasteiger partial charge is 0.257 e. The highest BCUT2D eigenvalue weighted by Crippen LogP contribution is 2.32. The van der Waals surface area contributed by atoms with Gasteiger partial charge in [-0.3, -0.25) is 9.59 Å². The Morgan fingerprint density at radius 1 is 1.38 bits per heavy atom. The van der Waals surface area contributed by atoms with Crippen molar-refractivity contribution >= 4 is 17.4 Å². The number of hydrogen-bond donors (Lipinski definition) is 3. The number of nitrogens with zero attached hydrogens (tertiary/aromatic N) is 2. The van der Waals surface area contributed by atoms with Crippen LogP contribution in [0.3, 0.4) is 0 Å². The predicted octanol–water partition coefficient (Wildman–Crippen LogP) is 1.78. The number of Topliss-reactive ketones (excluding diaryl/α,β-unsaturated/α-hetero) is 1. The van der Waals surface area contributed by atoms with E-state index in [9.17, 15) is 14.7 Å². The van der Waals surface area contributed by atoms with Crippen LogP contribution in [-0.2, 0) is 11.3 Å². The molecule has 0 fully saturated rings. The van der Waals surface area contributed by atoms with E-state index in [-0.39, 0.29) is 29.4 Å². The first kappa shape index (κ1) is 17.5. The summed E-state index contributed by atoms with van der Waals surface area (Å²) in [7, 11) is 3.21. The zero-order valence-electron chi connectivity index (χ0n) is 14.8. The number of nitrogens with one attached hydrogen (secondary N) is 2. The fraction of sp³-hybridized carbons (Fsp3) is 0.278. The average Bonchev–Trinajstić information content (AvgIpc) is 3.02. The Labute approximate surface area is 150 Å². The summed E-state index contributed by atoms with van der Waals surface area (Å²) < 4.78 is 5.12. The molecule has 3 N–H and O–H groups in total. The van der Waals surface area contributed by atoms with Crippen molar-refractivity contribution in [3.63, 3.8) is 0 Å². The summed E-state index contributed by atoms with van der Waals surface area (Å²) >= 11 is 0. The number of aromatic hydroxyl groups is 1. The summed E-state index contributed by atoms with van der Waals surface area (Å²) in [5.74, 6) is 0.0721. The van der Waals surface area contributed by atoms with Crippen molar-refractivity contribution < 1.29 is 19.2 Å². The number of phenolic OH excluding ortho intramolecular Hbond substituents is 1. The van der Waals surface area contributed by atoms with E-state index in [0.29, 0.717) is 29.4 Å². The van der Waals surface area contributed by atoms with Gasteiger partial charge in [0.15, 0.2) is 17.3 Å². The number of carbonyl (C=O) groups is 2. The summed E-state index contributed by atoms with van der Waals surface area (Å²) in [6.07, 6.45) is 0.270. The van der Waals surface area contributed by atoms with Crippen LogP contribution in [0.2, 0.25) is 0 Å². The number of para-hydroxylation sites is 1. The van der Waals surface area contributed by atoms with Gasteiger partial charge in [-0.1, -0.05) is 11.2 Å². The van der Waals surface area contributed by atoms with Gasteiger partial charge in [0.25, 0.3) is 5.91 Å². The molecular formula is C18H20N4O4. The molecule has 1 aliphatic rings. The van der Waals surface area contributed by atoms with Gasteiger partial charge in [-0.05, 0) is 19.1 Å². The number of anilines is 1. The molecule has 2 aromatic rings. The quantitative estimate of drug-likeness (QED) is 0.677. The molecule has 0 spiro atoms. The molecular weight excluding hydrogens is 336 g/mol. The number of carbonyl (C=O) groups excluding carboxylic acids is 2. The Balaban J connectivity index is 1.77. The third-order valence-corrected chi connectivity index (χ3v) is 4.00. The van der Waals surface area contributed by atoms with Gasteiger partial charge in [0.2, 0.25) is 0 Å². The maximum atomic E-state index is 12.1. The lowest BCUT2D eigenvalue weighted by molar-refractivity contribution is -0.116. The summed E-state index contributed by atoms with van der Waals surface area (Å²) in [5.41, 5.74) is 2.33. The standard InChI is InChI=1S/C18H20N4O4/c1-10-7-11(26-21-10)9-19-14-8-15(23)16(14)20-13-6-4-5-12(17(13)24)18(25)22(2)3/h4-7,19-20,24H,8-9H2,1-3H3. The molecule has 8 nitrogen and oxygen atoms in total. The first-order valence-corrected chi connectivity index (χ1v) is 8.10. The average molecular weight is 356 g/mol. The van der Waals surface area contributed by atoms with Crippen LogP contribution in [0.4, 0.5) is 5.69 Å². The van der Waals surface area contributed by atoms with Gasteiger partial charge in [-0.15, -0.1) is 0 Å². The molecule has 1 heterocycles. The highest BCUT2D eigenvalue weighted by atomic mass is 16.5. The number of aromatic nitrogens is 1. The molecule has 3 rings (SSSR count). The fourth-order valence-corrected chi connectivity index (χ4v) is 2.58. The van der Waals surface area contributed by atoms with Crippen LogP contribution in [0.25, 0.3) is 0 Å². The number of aryl methyl sites for hydroxylation is 1. The lowest BCUT2D eigenvalue weighted by Gasteiger charge is -2.25. The number of ketones is 1. The van der Waals surface area contributed by atoms with Gasteiger partial charge in [-0.25, -0.2) is 0 Å². The van der Waals surface area contributed by atoms with Gasteiger partial charge >= 0.3 is 0 Å². The maximum Gasteiger partial charge on any atom is 0.257 e. The topological polar surface area (TPSA) is 108 Å². The van der Waals surface area contributed by atoms with Crippen molar-refractivity contribution in [1.29, 1.82) is 0 Å². The molecule has 1 aromatic heterocycles. The van der Waals surface area contributed by atoms with E-state index in [1.807, 2.05) is 13.0 Å². The molecule has 0 saturated carbocycles. The minimum atomic E-state index is -0.320. The third kappa shape index (κ3) is 3.39. The molecule has 8 heteroatoms. The molecule has 0 unspecified atom stereocenters. The van der Waals surface area contributed by atoms with Crippen molar-refractivity contribution in [2.75, 3.05) is 19.4 Å². The number of phenols is 1. The van der Waals surface area contributed by atoms with Gasteiger partial charge in [0, 0.05) is 25.9 Å². The van der Waals surface area contributed by atoms with Gasteiger partial charge in [0.05, 0.1) is 29.9 Å². The fourth-order valence-electron chi connectivity index (χ4n) is 2.58. The first-order chi connectivity index (χ1) is 12.4. The van der Waals surface area contributed by atoms with Crippen LogP contribution in [0, 0.1) is 6.92 Å². The molecule has 0 saturated heterocycles. The van der Waals surface area contributed by atoms with E-state index < -0.39 is 0 Å². The first-order valence-electron chi connectivity index (χ1n) is 8.10. The van der Waals surface area contributed by atoms with Crippen molar-refractivity contribution in [3.8, 4) is 5.75 Å². The highest BCUT2D eigenvalue weighted by Gasteiger charge is 2.28. The Kier molecular flexibility index (Phi) is 4.66. The second-order valence-corrected chi connectivity index (χ2v) is 6.27. The van der Waals surface area contributed by atoms with Gasteiger partial charge in [-0.2, -0.15) is 0 Å². The van der Waals surface area contributed by atoms with Crippen LogP contribution in [0.5, 0.6) is 5.75 Å². The number of hydrogen-bond acceptors (Lipinski definition) is 7. The molecule has 0 aliphatic heterocycles. The van der Waals surface area contributed by atoms with Crippen LogP contribution in [-0.4, -0.2) is 40.9 Å². The predicted molar refractivity (Wildman–Crippen MR) is 94.5 cm³/mol. The van der Waals surface area contributed by atoms with Crippen molar-refractivity contribution in [2.24, 2.45) is 0 Å². The molecule has 136 valence electrons. The zero-order chi connectivity index (χ0) is 18.8. The molecule has 1 aliphatic carbocycles. The summed E-state index contributed by atoms with van der Waals surface area (Å²) in [6.45, 7) is 2.23. The third-order valence-electron chi connectivity index (χ3n) is 4.00. The Hall–Kier alpha value is -3.29. The lowest BCUT2D eigenvalue weighted by atomic mass is 9.98. The van der Waals surface area contributed by atoms with E-state index in [1.165, 1.54) is 11.0 Å². The summed E-state index contributed by atoms with van der Waals surface area (Å²) in [5, 5.41) is 20.2. The second-order valence-electron chi connectivity index (χ2n) is 6.27. The Morgan fingerprint density at radius 3 is 2.77 bits per heavy atom. The van der Waals surface area contributed by atoms with Crippen molar-refractivity contribution in [1.82, 2.24) is 15.4 Å². The van der Waals surface area contributed by atoms with Crippen LogP contribution < -0.4 is 10.6 Å². The zero-order valence-corrected chi connectivity index (χ0v) is 14.8. The van der Waals surface area contributed by atoms with Crippen LogP contribution in [0.1, 0.15) is 28.2 Å². The lowest BCUT2D eigenvalue weighted by Crippen LogP contribution is -2.32. The van der Waals surface area contributed by atoms with E-state index in [0.717, 1.165) is 5.69 Å². The normalized spacial score (nSPS) is 13.4. The maximum absolute atomic E-state index is 12.1. The van der Waals surface area contributed by atoms with Crippen LogP contribution >= 0.6 is 0 Å². The van der Waals surface area contributed by atoms with Crippen molar-refractivity contribution in [2.45, 2.75) is 19.9 Å². The van der Waals surface area contributed by atoms with E-state index in [4.69, 9.17) is 4.52 Å². The minimum absolute atomic E-state index is 0.0787. The minimum Gasteiger partial charge on any atom is -0.505 e. The summed E-state index contributed by atoms with van der Waals surface area (Å²) in [4.78, 5) is 25.4. The number of amides is 1. The Bertz CT molecular complexity index is 898. The van der Waals surface area contributed by atoms with E-state index in [2.05, 4.69) is 15.8 Å². The molecule has 1 amide bonds. The summed E-state index contributed by atoms with van der Waals surface area (Å²) in [6, 6.07) is 6.60. The monoisotopic (exact) mass is 356 g/mol. The molecule has 26 heavy (non-hydrogen) atoms. The molecule has 0 radical (unpaired) electrons. The molecule has 1 aromatic carbocycles. The Morgan fingerprint density at radius 2 is 2.15 bits per heavy atom. The number of allylic oxidation sites excluding steroid dienone is 2. The molecule has 0 bridgehead atoms. The van der Waals surface area contributed by atoms with E-state index >= 15 is 0 Å². The second kappa shape index (κ2) is 6.91. The SMILES string of the molecule is Cc1cc(CNC2=C(Nc3cccc(C(=O)N(C)C)c3O)C(=O)C2)on1.